The van der Waals surface area contributed by atoms with Gasteiger partial charge in [0.05, 0.1) is 6.54 Å². The van der Waals surface area contributed by atoms with Crippen molar-refractivity contribution in [2.24, 2.45) is 4.99 Å². The van der Waals surface area contributed by atoms with Crippen molar-refractivity contribution < 1.29 is 0 Å². The summed E-state index contributed by atoms with van der Waals surface area (Å²) in [5.74, 6) is 1.69. The van der Waals surface area contributed by atoms with Crippen molar-refractivity contribution in [1.82, 2.24) is 25.5 Å². The van der Waals surface area contributed by atoms with Crippen LogP contribution < -0.4 is 15.5 Å². The maximum atomic E-state index is 4.34. The number of rotatable bonds is 7. The van der Waals surface area contributed by atoms with Gasteiger partial charge < -0.3 is 15.5 Å². The van der Waals surface area contributed by atoms with E-state index in [4.69, 9.17) is 0 Å². The highest BCUT2D eigenvalue weighted by molar-refractivity contribution is 7.11. The maximum absolute atomic E-state index is 4.34. The van der Waals surface area contributed by atoms with E-state index in [-0.39, 0.29) is 0 Å². The third kappa shape index (κ3) is 5.90. The third-order valence-corrected chi connectivity index (χ3v) is 5.88. The number of thiophene rings is 1. The molecule has 3 heterocycles. The lowest BCUT2D eigenvalue weighted by Crippen LogP contribution is -2.49. The first kappa shape index (κ1) is 19.6. The van der Waals surface area contributed by atoms with Crippen LogP contribution in [0.1, 0.15) is 16.7 Å². The van der Waals surface area contributed by atoms with Gasteiger partial charge >= 0.3 is 0 Å². The number of guanidine groups is 1. The fourth-order valence-corrected chi connectivity index (χ4v) is 3.95. The van der Waals surface area contributed by atoms with Crippen molar-refractivity contribution in [2.45, 2.75) is 19.9 Å². The molecule has 0 bridgehead atoms. The van der Waals surface area contributed by atoms with E-state index in [1.165, 1.54) is 9.75 Å². The quantitative estimate of drug-likeness (QED) is 0.555. The number of aromatic nitrogens is 2. The van der Waals surface area contributed by atoms with Crippen LogP contribution in [0.3, 0.4) is 0 Å². The first-order chi connectivity index (χ1) is 13.3. The smallest absolute Gasteiger partial charge is 0.225 e. The largest absolute Gasteiger partial charge is 0.355 e. The maximum Gasteiger partial charge on any atom is 0.225 e. The van der Waals surface area contributed by atoms with Crippen molar-refractivity contribution in [3.8, 4) is 0 Å². The molecule has 1 aliphatic rings. The minimum atomic E-state index is 0.820. The molecule has 3 rings (SSSR count). The highest BCUT2D eigenvalue weighted by atomic mass is 32.1. The molecule has 146 valence electrons. The molecule has 2 N–H and O–H groups in total. The van der Waals surface area contributed by atoms with Crippen LogP contribution in [0.4, 0.5) is 5.95 Å². The molecule has 1 saturated heterocycles. The van der Waals surface area contributed by atoms with Gasteiger partial charge in [-0.05, 0) is 24.6 Å². The Morgan fingerprint density at radius 3 is 2.52 bits per heavy atom. The van der Waals surface area contributed by atoms with Crippen LogP contribution in [0, 0.1) is 0 Å². The van der Waals surface area contributed by atoms with Gasteiger partial charge in [-0.2, -0.15) is 0 Å². The number of piperazine rings is 1. The van der Waals surface area contributed by atoms with Gasteiger partial charge in [-0.15, -0.1) is 11.3 Å². The molecule has 1 aliphatic heterocycles. The van der Waals surface area contributed by atoms with Crippen molar-refractivity contribution in [3.05, 3.63) is 40.3 Å². The zero-order chi connectivity index (χ0) is 18.9. The van der Waals surface area contributed by atoms with E-state index >= 15 is 0 Å². The molecule has 7 nitrogen and oxygen atoms in total. The Labute approximate surface area is 165 Å². The molecule has 0 aromatic carbocycles. The zero-order valence-corrected chi connectivity index (χ0v) is 17.0. The first-order valence-electron chi connectivity index (χ1n) is 9.55. The lowest BCUT2D eigenvalue weighted by molar-refractivity contribution is 0.260. The average Bonchev–Trinajstić information content (AvgIpc) is 3.20. The molecule has 0 spiro atoms. The topological polar surface area (TPSA) is 68.7 Å². The molecular formula is C19H29N7S. The van der Waals surface area contributed by atoms with Crippen molar-refractivity contribution in [2.75, 3.05) is 51.2 Å². The molecular weight excluding hydrogens is 358 g/mol. The van der Waals surface area contributed by atoms with E-state index in [1.54, 1.807) is 12.4 Å². The average molecular weight is 388 g/mol. The lowest BCUT2D eigenvalue weighted by Gasteiger charge is -2.34. The van der Waals surface area contributed by atoms with Crippen LogP contribution in [-0.4, -0.2) is 67.1 Å². The molecule has 8 heteroatoms. The number of hydrogen-bond acceptors (Lipinski definition) is 6. The SMILES string of the molecule is CCc1ccc(CNC(=NC)NCCN2CCN(c3ncccn3)CC2)s1. The van der Waals surface area contributed by atoms with Crippen LogP contribution >= 0.6 is 11.3 Å². The van der Waals surface area contributed by atoms with Crippen LogP contribution in [0.25, 0.3) is 0 Å². The van der Waals surface area contributed by atoms with E-state index in [1.807, 2.05) is 24.5 Å². The first-order valence-corrected chi connectivity index (χ1v) is 10.4. The third-order valence-electron chi connectivity index (χ3n) is 4.65. The van der Waals surface area contributed by atoms with Gasteiger partial charge in [-0.3, -0.25) is 9.89 Å². The van der Waals surface area contributed by atoms with Crippen LogP contribution in [-0.2, 0) is 13.0 Å². The van der Waals surface area contributed by atoms with E-state index in [0.29, 0.717) is 0 Å². The van der Waals surface area contributed by atoms with Crippen LogP contribution in [0.15, 0.2) is 35.6 Å². The number of anilines is 1. The van der Waals surface area contributed by atoms with Gasteiger partial charge in [0.25, 0.3) is 0 Å². The Morgan fingerprint density at radius 2 is 1.85 bits per heavy atom. The number of hydrogen-bond donors (Lipinski definition) is 2. The Bertz CT molecular complexity index is 708. The predicted molar refractivity (Wildman–Crippen MR) is 113 cm³/mol. The summed E-state index contributed by atoms with van der Waals surface area (Å²) in [5, 5.41) is 6.81. The summed E-state index contributed by atoms with van der Waals surface area (Å²) < 4.78 is 0. The fraction of sp³-hybridized carbons (Fsp3) is 0.526. The molecule has 0 unspecified atom stereocenters. The number of nitrogens with zero attached hydrogens (tertiary/aromatic N) is 5. The molecule has 2 aromatic heterocycles. The standard InChI is InChI=1S/C19H29N7S/c1-3-16-5-6-17(27-16)15-24-18(20-2)21-9-10-25-11-13-26(14-12-25)19-22-7-4-8-23-19/h4-8H,3,9-15H2,1-2H3,(H2,20,21,24). The lowest BCUT2D eigenvalue weighted by atomic mass is 10.3. The summed E-state index contributed by atoms with van der Waals surface area (Å²) in [5.41, 5.74) is 0. The summed E-state index contributed by atoms with van der Waals surface area (Å²) in [4.78, 5) is 20.5. The molecule has 1 fully saturated rings. The summed E-state index contributed by atoms with van der Waals surface area (Å²) in [6.07, 6.45) is 4.70. The minimum absolute atomic E-state index is 0.820. The van der Waals surface area contributed by atoms with Gasteiger partial charge in [-0.1, -0.05) is 6.92 Å². The van der Waals surface area contributed by atoms with Crippen LogP contribution in [0.5, 0.6) is 0 Å². The molecule has 2 aromatic rings. The second-order valence-corrected chi connectivity index (χ2v) is 7.70. The Balaban J connectivity index is 1.34. The number of aliphatic imine (C=N–C) groups is 1. The van der Waals surface area contributed by atoms with Crippen molar-refractivity contribution in [1.29, 1.82) is 0 Å². The Kier molecular flexibility index (Phi) is 7.41. The molecule has 0 saturated carbocycles. The van der Waals surface area contributed by atoms with Crippen molar-refractivity contribution >= 4 is 23.2 Å². The number of aryl methyl sites for hydroxylation is 1. The van der Waals surface area contributed by atoms with Gasteiger partial charge in [0, 0.05) is 68.5 Å². The monoisotopic (exact) mass is 387 g/mol. The summed E-state index contributed by atoms with van der Waals surface area (Å²) in [7, 11) is 1.82. The van der Waals surface area contributed by atoms with E-state index < -0.39 is 0 Å². The van der Waals surface area contributed by atoms with Gasteiger partial charge in [0.15, 0.2) is 5.96 Å². The van der Waals surface area contributed by atoms with E-state index in [9.17, 15) is 0 Å². The predicted octanol–water partition coefficient (Wildman–Crippen LogP) is 1.59. The molecule has 27 heavy (non-hydrogen) atoms. The van der Waals surface area contributed by atoms with Gasteiger partial charge in [0.2, 0.25) is 5.95 Å². The second-order valence-electron chi connectivity index (χ2n) is 6.45. The summed E-state index contributed by atoms with van der Waals surface area (Å²) >= 11 is 1.86. The normalized spacial score (nSPS) is 15.8. The van der Waals surface area contributed by atoms with E-state index in [2.05, 4.69) is 54.5 Å². The van der Waals surface area contributed by atoms with E-state index in [0.717, 1.165) is 64.1 Å². The molecule has 0 aliphatic carbocycles. The number of nitrogens with one attached hydrogen (secondary N) is 2. The highest BCUT2D eigenvalue weighted by Crippen LogP contribution is 2.16. The summed E-state index contributed by atoms with van der Waals surface area (Å²) in [6.45, 7) is 8.89. The summed E-state index contributed by atoms with van der Waals surface area (Å²) in [6, 6.07) is 6.26. The van der Waals surface area contributed by atoms with Crippen LogP contribution in [0.2, 0.25) is 0 Å². The zero-order valence-electron chi connectivity index (χ0n) is 16.2. The molecule has 0 amide bonds. The Morgan fingerprint density at radius 1 is 1.11 bits per heavy atom. The molecule has 0 radical (unpaired) electrons. The van der Waals surface area contributed by atoms with Gasteiger partial charge in [-0.25, -0.2) is 9.97 Å². The Hall–Kier alpha value is -2.19. The fourth-order valence-electron chi connectivity index (χ4n) is 3.06. The van der Waals surface area contributed by atoms with Crippen molar-refractivity contribution in [3.63, 3.8) is 0 Å². The highest BCUT2D eigenvalue weighted by Gasteiger charge is 2.18. The van der Waals surface area contributed by atoms with Gasteiger partial charge in [0.1, 0.15) is 0 Å². The molecule has 0 atom stereocenters. The second kappa shape index (κ2) is 10.2. The minimum Gasteiger partial charge on any atom is -0.355 e.